The Labute approximate surface area is 190 Å². The molecule has 1 fully saturated rings. The van der Waals surface area contributed by atoms with Crippen LogP contribution in [0.5, 0.6) is 0 Å². The van der Waals surface area contributed by atoms with E-state index in [1.807, 2.05) is 29.2 Å². The van der Waals surface area contributed by atoms with Gasteiger partial charge in [0, 0.05) is 49.5 Å². The minimum absolute atomic E-state index is 0.0165. The van der Waals surface area contributed by atoms with Crippen LogP contribution in [-0.2, 0) is 0 Å². The number of urea groups is 1. The number of aryl methyl sites for hydroxylation is 2. The van der Waals surface area contributed by atoms with Crippen molar-refractivity contribution in [3.05, 3.63) is 64.7 Å². The standard InChI is InChI=1S/C26H32N4O2/c1-18(2)16-30-17-23(21-7-5-6-8-22(21)25(30)31)27-26(32)29-13-11-28(12-14-29)24-15-19(3)9-10-20(24)4/h5-10,15,18H,11-14,16-17H2,1-4H3. The van der Waals surface area contributed by atoms with Crippen molar-refractivity contribution in [2.75, 3.05) is 44.2 Å². The van der Waals surface area contributed by atoms with Gasteiger partial charge in [0.25, 0.3) is 5.91 Å². The molecule has 32 heavy (non-hydrogen) atoms. The summed E-state index contributed by atoms with van der Waals surface area (Å²) in [6.07, 6.45) is 0. The highest BCUT2D eigenvalue weighted by Crippen LogP contribution is 2.24. The van der Waals surface area contributed by atoms with Crippen molar-refractivity contribution < 1.29 is 9.59 Å². The highest BCUT2D eigenvalue weighted by Gasteiger charge is 2.30. The molecule has 3 amide bonds. The van der Waals surface area contributed by atoms with E-state index in [2.05, 4.69) is 55.8 Å². The van der Waals surface area contributed by atoms with Gasteiger partial charge < -0.3 is 14.7 Å². The van der Waals surface area contributed by atoms with Crippen LogP contribution in [0.2, 0.25) is 0 Å². The van der Waals surface area contributed by atoms with E-state index in [1.54, 1.807) is 4.90 Å². The molecule has 6 heteroatoms. The van der Waals surface area contributed by atoms with Gasteiger partial charge in [0.1, 0.15) is 0 Å². The monoisotopic (exact) mass is 432 g/mol. The lowest BCUT2D eigenvalue weighted by atomic mass is 9.96. The molecule has 0 radical (unpaired) electrons. The molecular weight excluding hydrogens is 400 g/mol. The number of carbonyl (C=O) groups excluding carboxylic acids is 2. The summed E-state index contributed by atoms with van der Waals surface area (Å²) in [6.45, 7) is 12.3. The first-order valence-corrected chi connectivity index (χ1v) is 11.4. The number of nitrogens with zero attached hydrogens (tertiary/aromatic N) is 4. The van der Waals surface area contributed by atoms with Crippen LogP contribution in [0.1, 0.15) is 40.9 Å². The molecule has 2 aromatic rings. The van der Waals surface area contributed by atoms with Gasteiger partial charge in [-0.05, 0) is 43.0 Å². The van der Waals surface area contributed by atoms with Crippen LogP contribution in [0.3, 0.4) is 0 Å². The number of piperazine rings is 1. The molecule has 2 aromatic carbocycles. The van der Waals surface area contributed by atoms with Gasteiger partial charge in [0.05, 0.1) is 12.3 Å². The molecule has 4 rings (SSSR count). The maximum atomic E-state index is 13.1. The Morgan fingerprint density at radius 1 is 1.00 bits per heavy atom. The second-order valence-electron chi connectivity index (χ2n) is 9.23. The molecular formula is C26H32N4O2. The molecule has 0 saturated carbocycles. The number of anilines is 1. The van der Waals surface area contributed by atoms with Crippen LogP contribution in [0.25, 0.3) is 0 Å². The summed E-state index contributed by atoms with van der Waals surface area (Å²) in [5.41, 5.74) is 5.83. The smallest absolute Gasteiger partial charge is 0.343 e. The van der Waals surface area contributed by atoms with Crippen molar-refractivity contribution >= 4 is 23.3 Å². The first kappa shape index (κ1) is 22.1. The molecule has 1 saturated heterocycles. The van der Waals surface area contributed by atoms with Crippen molar-refractivity contribution in [3.63, 3.8) is 0 Å². The molecule has 168 valence electrons. The average Bonchev–Trinajstić information content (AvgIpc) is 2.78. The molecule has 2 aliphatic heterocycles. The van der Waals surface area contributed by atoms with E-state index >= 15 is 0 Å². The topological polar surface area (TPSA) is 56.2 Å². The second-order valence-corrected chi connectivity index (χ2v) is 9.23. The fourth-order valence-corrected chi connectivity index (χ4v) is 4.50. The predicted molar refractivity (Wildman–Crippen MR) is 129 cm³/mol. The van der Waals surface area contributed by atoms with E-state index in [0.29, 0.717) is 43.4 Å². The van der Waals surface area contributed by atoms with Gasteiger partial charge in [-0.1, -0.05) is 44.2 Å². The zero-order valence-corrected chi connectivity index (χ0v) is 19.5. The number of aliphatic imine (C=N–C) groups is 1. The van der Waals surface area contributed by atoms with E-state index in [1.165, 1.54) is 16.8 Å². The molecule has 0 atom stereocenters. The number of benzene rings is 2. The van der Waals surface area contributed by atoms with Crippen molar-refractivity contribution in [2.45, 2.75) is 27.7 Å². The van der Waals surface area contributed by atoms with E-state index in [4.69, 9.17) is 0 Å². The van der Waals surface area contributed by atoms with Crippen LogP contribution in [0.15, 0.2) is 47.5 Å². The summed E-state index contributed by atoms with van der Waals surface area (Å²) in [5.74, 6) is 0.363. The summed E-state index contributed by atoms with van der Waals surface area (Å²) in [5, 5.41) is 0. The Morgan fingerprint density at radius 3 is 2.38 bits per heavy atom. The Balaban J connectivity index is 1.50. The minimum Gasteiger partial charge on any atom is -0.368 e. The average molecular weight is 433 g/mol. The summed E-state index contributed by atoms with van der Waals surface area (Å²) in [4.78, 5) is 36.4. The van der Waals surface area contributed by atoms with Gasteiger partial charge in [0.2, 0.25) is 0 Å². The molecule has 0 aliphatic carbocycles. The van der Waals surface area contributed by atoms with Gasteiger partial charge in [0.15, 0.2) is 0 Å². The fraction of sp³-hybridized carbons (Fsp3) is 0.423. The third-order valence-corrected chi connectivity index (χ3v) is 6.17. The Bertz CT molecular complexity index is 1050. The molecule has 0 unspecified atom stereocenters. The number of rotatable bonds is 3. The van der Waals surface area contributed by atoms with Gasteiger partial charge >= 0.3 is 6.03 Å². The summed E-state index contributed by atoms with van der Waals surface area (Å²) >= 11 is 0. The summed E-state index contributed by atoms with van der Waals surface area (Å²) < 4.78 is 0. The summed E-state index contributed by atoms with van der Waals surface area (Å²) in [7, 11) is 0. The van der Waals surface area contributed by atoms with Crippen molar-refractivity contribution in [3.8, 4) is 0 Å². The van der Waals surface area contributed by atoms with Crippen LogP contribution >= 0.6 is 0 Å². The zero-order chi connectivity index (χ0) is 22.8. The molecule has 0 spiro atoms. The highest BCUT2D eigenvalue weighted by atomic mass is 16.2. The normalized spacial score (nSPS) is 17.8. The first-order valence-electron chi connectivity index (χ1n) is 11.4. The highest BCUT2D eigenvalue weighted by molar-refractivity contribution is 6.18. The first-order chi connectivity index (χ1) is 15.3. The number of carbonyl (C=O) groups is 2. The third kappa shape index (κ3) is 4.54. The molecule has 2 aliphatic rings. The maximum Gasteiger partial charge on any atom is 0.343 e. The molecule has 6 nitrogen and oxygen atoms in total. The van der Waals surface area contributed by atoms with Crippen LogP contribution in [0.4, 0.5) is 10.5 Å². The maximum absolute atomic E-state index is 13.1. The quantitative estimate of drug-likeness (QED) is 0.732. The molecule has 0 aromatic heterocycles. The number of hydrogen-bond acceptors (Lipinski definition) is 3. The van der Waals surface area contributed by atoms with Crippen LogP contribution < -0.4 is 4.90 Å². The number of amides is 3. The lowest BCUT2D eigenvalue weighted by Crippen LogP contribution is -2.49. The molecule has 0 bridgehead atoms. The second kappa shape index (κ2) is 9.15. The van der Waals surface area contributed by atoms with Gasteiger partial charge in [-0.25, -0.2) is 4.79 Å². The van der Waals surface area contributed by atoms with E-state index < -0.39 is 0 Å². The Morgan fingerprint density at radius 2 is 1.69 bits per heavy atom. The van der Waals surface area contributed by atoms with E-state index in [9.17, 15) is 9.59 Å². The van der Waals surface area contributed by atoms with Crippen LogP contribution in [0, 0.1) is 19.8 Å². The molecule has 2 heterocycles. The lowest BCUT2D eigenvalue weighted by molar-refractivity contribution is 0.0755. The van der Waals surface area contributed by atoms with Crippen LogP contribution in [-0.4, -0.2) is 66.7 Å². The lowest BCUT2D eigenvalue weighted by Gasteiger charge is -2.36. The number of fused-ring (bicyclic) bond motifs is 1. The van der Waals surface area contributed by atoms with Gasteiger partial charge in [-0.15, -0.1) is 0 Å². The Kier molecular flexibility index (Phi) is 6.31. The van der Waals surface area contributed by atoms with E-state index in [-0.39, 0.29) is 11.9 Å². The fourth-order valence-electron chi connectivity index (χ4n) is 4.50. The predicted octanol–water partition coefficient (Wildman–Crippen LogP) is 4.15. The minimum atomic E-state index is -0.214. The Hall–Kier alpha value is -3.15. The van der Waals surface area contributed by atoms with E-state index in [0.717, 1.165) is 18.7 Å². The third-order valence-electron chi connectivity index (χ3n) is 6.17. The van der Waals surface area contributed by atoms with Crippen molar-refractivity contribution in [1.82, 2.24) is 9.80 Å². The number of hydrogen-bond donors (Lipinski definition) is 0. The summed E-state index contributed by atoms with van der Waals surface area (Å²) in [6, 6.07) is 13.8. The van der Waals surface area contributed by atoms with Crippen molar-refractivity contribution in [1.29, 1.82) is 0 Å². The van der Waals surface area contributed by atoms with Gasteiger partial charge in [-0.3, -0.25) is 4.79 Å². The zero-order valence-electron chi connectivity index (χ0n) is 19.5. The van der Waals surface area contributed by atoms with Gasteiger partial charge in [-0.2, -0.15) is 4.99 Å². The molecule has 0 N–H and O–H groups in total. The van der Waals surface area contributed by atoms with Crippen molar-refractivity contribution in [2.24, 2.45) is 10.9 Å². The SMILES string of the molecule is Cc1ccc(C)c(N2CCN(C(=O)N=C3CN(CC(C)C)C(=O)c4ccccc43)CC2)c1. The largest absolute Gasteiger partial charge is 0.368 e.